The monoisotopic (exact) mass is 311 g/mol. The van der Waals surface area contributed by atoms with Gasteiger partial charge in [-0.05, 0) is 18.1 Å². The number of halogens is 1. The van der Waals surface area contributed by atoms with Gasteiger partial charge in [-0.3, -0.25) is 9.59 Å². The molecular weight excluding hydrogens is 290 g/mol. The summed E-state index contributed by atoms with van der Waals surface area (Å²) in [6, 6.07) is 6.29. The first-order valence-electron chi connectivity index (χ1n) is 7.03. The van der Waals surface area contributed by atoms with Crippen LogP contribution < -0.4 is 16.4 Å². The lowest BCUT2D eigenvalue weighted by Gasteiger charge is -2.17. The van der Waals surface area contributed by atoms with Crippen LogP contribution >= 0.6 is 11.6 Å². The predicted molar refractivity (Wildman–Crippen MR) is 84.2 cm³/mol. The first-order valence-corrected chi connectivity index (χ1v) is 7.41. The van der Waals surface area contributed by atoms with E-state index in [2.05, 4.69) is 10.6 Å². The van der Waals surface area contributed by atoms with E-state index in [1.54, 1.807) is 24.3 Å². The van der Waals surface area contributed by atoms with Gasteiger partial charge < -0.3 is 16.4 Å². The van der Waals surface area contributed by atoms with Crippen LogP contribution in [-0.4, -0.2) is 30.9 Å². The molecular formula is C15H22ClN3O2. The third-order valence-corrected chi connectivity index (χ3v) is 3.72. The summed E-state index contributed by atoms with van der Waals surface area (Å²) < 4.78 is 0. The van der Waals surface area contributed by atoms with E-state index >= 15 is 0 Å². The number of rotatable bonds is 7. The summed E-state index contributed by atoms with van der Waals surface area (Å²) in [4.78, 5) is 23.6. The van der Waals surface area contributed by atoms with Crippen molar-refractivity contribution in [1.29, 1.82) is 0 Å². The molecule has 0 aliphatic carbocycles. The van der Waals surface area contributed by atoms with E-state index in [0.29, 0.717) is 23.7 Å². The van der Waals surface area contributed by atoms with E-state index in [1.165, 1.54) is 0 Å². The largest absolute Gasteiger partial charge is 0.353 e. The van der Waals surface area contributed by atoms with Crippen molar-refractivity contribution in [3.63, 3.8) is 0 Å². The van der Waals surface area contributed by atoms with Crippen LogP contribution in [0.15, 0.2) is 24.3 Å². The minimum Gasteiger partial charge on any atom is -0.353 e. The van der Waals surface area contributed by atoms with Crippen molar-refractivity contribution in [2.45, 2.75) is 26.3 Å². The minimum atomic E-state index is -0.519. The van der Waals surface area contributed by atoms with Gasteiger partial charge >= 0.3 is 0 Å². The normalized spacial score (nSPS) is 13.3. The predicted octanol–water partition coefficient (Wildman–Crippen LogP) is 1.56. The van der Waals surface area contributed by atoms with Gasteiger partial charge in [0.1, 0.15) is 0 Å². The Morgan fingerprint density at radius 2 is 1.86 bits per heavy atom. The summed E-state index contributed by atoms with van der Waals surface area (Å²) in [5.41, 5.74) is 6.23. The van der Waals surface area contributed by atoms with Crippen molar-refractivity contribution < 1.29 is 9.59 Å². The molecule has 0 saturated heterocycles. The number of hydrogen-bond acceptors (Lipinski definition) is 3. The molecule has 116 valence electrons. The molecule has 2 atom stereocenters. The van der Waals surface area contributed by atoms with Gasteiger partial charge in [-0.25, -0.2) is 0 Å². The molecule has 0 aliphatic heterocycles. The van der Waals surface area contributed by atoms with Crippen molar-refractivity contribution in [3.8, 4) is 0 Å². The van der Waals surface area contributed by atoms with E-state index < -0.39 is 6.04 Å². The third-order valence-electron chi connectivity index (χ3n) is 3.39. The van der Waals surface area contributed by atoms with Crippen molar-refractivity contribution in [1.82, 2.24) is 10.6 Å². The van der Waals surface area contributed by atoms with E-state index in [4.69, 9.17) is 17.3 Å². The third kappa shape index (κ3) is 5.36. The Morgan fingerprint density at radius 1 is 1.24 bits per heavy atom. The van der Waals surface area contributed by atoms with Crippen molar-refractivity contribution >= 4 is 23.4 Å². The lowest BCUT2D eigenvalue weighted by molar-refractivity contribution is -0.123. The fourth-order valence-electron chi connectivity index (χ4n) is 1.73. The Labute approximate surface area is 130 Å². The Morgan fingerprint density at radius 3 is 2.48 bits per heavy atom. The number of carbonyl (C=O) groups excluding carboxylic acids is 2. The molecule has 5 nitrogen and oxygen atoms in total. The number of benzene rings is 1. The zero-order chi connectivity index (χ0) is 15.8. The number of nitrogens with one attached hydrogen (secondary N) is 2. The number of carbonyl (C=O) groups is 2. The molecule has 0 aliphatic rings. The van der Waals surface area contributed by atoms with Crippen molar-refractivity contribution in [2.24, 2.45) is 11.7 Å². The van der Waals surface area contributed by atoms with Crippen LogP contribution in [0, 0.1) is 5.92 Å². The highest BCUT2D eigenvalue weighted by atomic mass is 35.5. The van der Waals surface area contributed by atoms with E-state index in [1.807, 2.05) is 13.8 Å². The van der Waals surface area contributed by atoms with Gasteiger partial charge in [0.25, 0.3) is 5.91 Å². The van der Waals surface area contributed by atoms with Gasteiger partial charge in [0, 0.05) is 13.1 Å². The number of amides is 2. The lowest BCUT2D eigenvalue weighted by Crippen LogP contribution is -2.46. The van der Waals surface area contributed by atoms with Gasteiger partial charge in [-0.15, -0.1) is 0 Å². The molecule has 1 aromatic carbocycles. The van der Waals surface area contributed by atoms with Crippen LogP contribution in [0.25, 0.3) is 0 Å². The summed E-state index contributed by atoms with van der Waals surface area (Å²) >= 11 is 5.93. The molecule has 4 N–H and O–H groups in total. The smallest absolute Gasteiger partial charge is 0.252 e. The number of hydrogen-bond donors (Lipinski definition) is 3. The second-order valence-corrected chi connectivity index (χ2v) is 5.35. The first-order chi connectivity index (χ1) is 9.97. The zero-order valence-electron chi connectivity index (χ0n) is 12.4. The van der Waals surface area contributed by atoms with Crippen LogP contribution in [0.3, 0.4) is 0 Å². The highest BCUT2D eigenvalue weighted by Crippen LogP contribution is 2.14. The summed E-state index contributed by atoms with van der Waals surface area (Å²) in [6.07, 6.45) is 0.845. The Balaban J connectivity index is 2.33. The fourth-order valence-corrected chi connectivity index (χ4v) is 1.95. The molecule has 0 spiro atoms. The first kappa shape index (κ1) is 17.5. The SMILES string of the molecule is CCC(C)C(N)C(=O)NCCNC(=O)c1ccccc1Cl. The quantitative estimate of drug-likeness (QED) is 0.668. The highest BCUT2D eigenvalue weighted by molar-refractivity contribution is 6.33. The molecule has 0 bridgehead atoms. The maximum absolute atomic E-state index is 11.9. The van der Waals surface area contributed by atoms with Gasteiger partial charge in [0.15, 0.2) is 0 Å². The van der Waals surface area contributed by atoms with E-state index in [-0.39, 0.29) is 17.7 Å². The molecule has 6 heteroatoms. The molecule has 21 heavy (non-hydrogen) atoms. The van der Waals surface area contributed by atoms with E-state index in [9.17, 15) is 9.59 Å². The van der Waals surface area contributed by atoms with Crippen LogP contribution in [0.1, 0.15) is 30.6 Å². The fraction of sp³-hybridized carbons (Fsp3) is 0.467. The van der Waals surface area contributed by atoms with Gasteiger partial charge in [-0.2, -0.15) is 0 Å². The topological polar surface area (TPSA) is 84.2 Å². The molecule has 0 aromatic heterocycles. The second kappa shape index (κ2) is 8.64. The molecule has 1 rings (SSSR count). The average Bonchev–Trinajstić information content (AvgIpc) is 2.49. The van der Waals surface area contributed by atoms with E-state index in [0.717, 1.165) is 6.42 Å². The van der Waals surface area contributed by atoms with Crippen molar-refractivity contribution in [3.05, 3.63) is 34.9 Å². The summed E-state index contributed by atoms with van der Waals surface area (Å²) in [5, 5.41) is 5.81. The second-order valence-electron chi connectivity index (χ2n) is 4.94. The van der Waals surface area contributed by atoms with Gasteiger partial charge in [-0.1, -0.05) is 44.0 Å². The maximum atomic E-state index is 11.9. The molecule has 0 heterocycles. The Bertz CT molecular complexity index is 494. The van der Waals surface area contributed by atoms with Crippen LogP contribution in [0.2, 0.25) is 5.02 Å². The minimum absolute atomic E-state index is 0.128. The van der Waals surface area contributed by atoms with Crippen LogP contribution in [-0.2, 0) is 4.79 Å². The zero-order valence-corrected chi connectivity index (χ0v) is 13.1. The summed E-state index contributed by atoms with van der Waals surface area (Å²) in [5.74, 6) is -0.333. The molecule has 2 unspecified atom stereocenters. The van der Waals surface area contributed by atoms with Crippen LogP contribution in [0.5, 0.6) is 0 Å². The number of nitrogens with two attached hydrogens (primary N) is 1. The lowest BCUT2D eigenvalue weighted by atomic mass is 9.99. The highest BCUT2D eigenvalue weighted by Gasteiger charge is 2.18. The molecule has 0 fully saturated rings. The molecule has 0 radical (unpaired) electrons. The molecule has 1 aromatic rings. The Kier molecular flexibility index (Phi) is 7.19. The average molecular weight is 312 g/mol. The van der Waals surface area contributed by atoms with Gasteiger partial charge in [0.2, 0.25) is 5.91 Å². The van der Waals surface area contributed by atoms with Crippen molar-refractivity contribution in [2.75, 3.05) is 13.1 Å². The molecule has 0 saturated carbocycles. The summed E-state index contributed by atoms with van der Waals surface area (Å²) in [6.45, 7) is 4.58. The standard InChI is InChI=1S/C15H22ClN3O2/c1-3-10(2)13(17)15(21)19-9-8-18-14(20)11-6-4-5-7-12(11)16/h4-7,10,13H,3,8-9,17H2,1-2H3,(H,18,20)(H,19,21). The summed E-state index contributed by atoms with van der Waals surface area (Å²) in [7, 11) is 0. The van der Waals surface area contributed by atoms with Gasteiger partial charge in [0.05, 0.1) is 16.6 Å². The maximum Gasteiger partial charge on any atom is 0.252 e. The Hall–Kier alpha value is -1.59. The molecule has 2 amide bonds. The van der Waals surface area contributed by atoms with Crippen LogP contribution in [0.4, 0.5) is 0 Å².